The number of hydrogen-bond donors (Lipinski definition) is 0. The summed E-state index contributed by atoms with van der Waals surface area (Å²) in [5, 5.41) is 0. The highest BCUT2D eigenvalue weighted by molar-refractivity contribution is 6.02. The highest BCUT2D eigenvalue weighted by Crippen LogP contribution is 2.30. The normalized spacial score (nSPS) is 10.5. The van der Waals surface area contributed by atoms with E-state index >= 15 is 0 Å². The molecule has 0 saturated carbocycles. The smallest absolute Gasteiger partial charge is 0.340 e. The van der Waals surface area contributed by atoms with Gasteiger partial charge in [-0.15, -0.1) is 0 Å². The molecule has 0 aliphatic heterocycles. The van der Waals surface area contributed by atoms with Crippen molar-refractivity contribution >= 4 is 17.8 Å². The monoisotopic (exact) mass is 279 g/mol. The van der Waals surface area contributed by atoms with Crippen molar-refractivity contribution in [1.82, 2.24) is 4.40 Å². The van der Waals surface area contributed by atoms with Gasteiger partial charge in [-0.2, -0.15) is 0 Å². The molecule has 4 nitrogen and oxygen atoms in total. The van der Waals surface area contributed by atoms with Crippen LogP contribution in [-0.4, -0.2) is 23.8 Å². The number of esters is 1. The zero-order chi connectivity index (χ0) is 14.8. The summed E-state index contributed by atoms with van der Waals surface area (Å²) in [6, 6.07) is 12.9. The van der Waals surface area contributed by atoms with Crippen LogP contribution in [0.1, 0.15) is 20.7 Å². The Balaban J connectivity index is 2.27. The number of aromatic nitrogens is 1. The van der Waals surface area contributed by atoms with Gasteiger partial charge in [0.1, 0.15) is 6.29 Å². The number of aldehydes is 1. The molecule has 2 aromatic heterocycles. The van der Waals surface area contributed by atoms with E-state index in [1.807, 2.05) is 40.9 Å². The minimum atomic E-state index is -0.381. The summed E-state index contributed by atoms with van der Waals surface area (Å²) in [7, 11) is 1.37. The summed E-state index contributed by atoms with van der Waals surface area (Å²) < 4.78 is 6.75. The molecule has 0 aliphatic carbocycles. The predicted molar refractivity (Wildman–Crippen MR) is 79.6 cm³/mol. The van der Waals surface area contributed by atoms with Gasteiger partial charge in [-0.05, 0) is 17.7 Å². The van der Waals surface area contributed by atoms with Crippen molar-refractivity contribution in [2.24, 2.45) is 0 Å². The van der Waals surface area contributed by atoms with Crippen molar-refractivity contribution in [3.05, 3.63) is 66.0 Å². The third-order valence-electron chi connectivity index (χ3n) is 3.42. The number of hydrogen-bond acceptors (Lipinski definition) is 3. The zero-order valence-corrected chi connectivity index (χ0v) is 11.4. The Hall–Kier alpha value is -2.88. The van der Waals surface area contributed by atoms with E-state index in [0.29, 0.717) is 11.1 Å². The van der Waals surface area contributed by atoms with E-state index in [1.54, 1.807) is 18.3 Å². The van der Waals surface area contributed by atoms with Crippen molar-refractivity contribution < 1.29 is 14.3 Å². The van der Waals surface area contributed by atoms with Crippen LogP contribution in [-0.2, 0) is 4.74 Å². The molecule has 0 fully saturated rings. The molecule has 0 radical (unpaired) electrons. The van der Waals surface area contributed by atoms with Crippen molar-refractivity contribution in [2.75, 3.05) is 7.11 Å². The Bertz CT molecular complexity index is 816. The van der Waals surface area contributed by atoms with Crippen molar-refractivity contribution in [3.8, 4) is 11.1 Å². The van der Waals surface area contributed by atoms with Gasteiger partial charge in [-0.25, -0.2) is 4.79 Å². The lowest BCUT2D eigenvalue weighted by Crippen LogP contribution is -2.01. The quantitative estimate of drug-likeness (QED) is 0.546. The predicted octanol–water partition coefficient (Wildman–Crippen LogP) is 3.21. The van der Waals surface area contributed by atoms with Gasteiger partial charge in [0.2, 0.25) is 0 Å². The van der Waals surface area contributed by atoms with E-state index in [-0.39, 0.29) is 5.97 Å². The van der Waals surface area contributed by atoms with Crippen LogP contribution in [0, 0.1) is 0 Å². The Morgan fingerprint density at radius 1 is 1.14 bits per heavy atom. The molecular formula is C17H13NO3. The van der Waals surface area contributed by atoms with E-state index in [9.17, 15) is 9.59 Å². The van der Waals surface area contributed by atoms with E-state index in [2.05, 4.69) is 0 Å². The molecule has 3 rings (SSSR count). The van der Waals surface area contributed by atoms with Crippen LogP contribution in [0.4, 0.5) is 0 Å². The number of pyridine rings is 1. The van der Waals surface area contributed by atoms with Gasteiger partial charge < -0.3 is 9.14 Å². The topological polar surface area (TPSA) is 47.8 Å². The largest absolute Gasteiger partial charge is 0.465 e. The number of nitrogens with zero attached hydrogens (tertiary/aromatic N) is 1. The first kappa shape index (κ1) is 13.1. The molecular weight excluding hydrogens is 266 g/mol. The van der Waals surface area contributed by atoms with E-state index in [4.69, 9.17) is 4.74 Å². The van der Waals surface area contributed by atoms with E-state index < -0.39 is 0 Å². The van der Waals surface area contributed by atoms with E-state index in [1.165, 1.54) is 7.11 Å². The Morgan fingerprint density at radius 2 is 1.90 bits per heavy atom. The SMILES string of the molecule is COC(=O)c1cn2ccccc2c1-c1ccc(C=O)cc1. The fourth-order valence-corrected chi connectivity index (χ4v) is 2.42. The first-order chi connectivity index (χ1) is 10.2. The van der Waals surface area contributed by atoms with Crippen molar-refractivity contribution in [2.45, 2.75) is 0 Å². The first-order valence-corrected chi connectivity index (χ1v) is 6.48. The fourth-order valence-electron chi connectivity index (χ4n) is 2.42. The second kappa shape index (κ2) is 5.25. The van der Waals surface area contributed by atoms with Crippen LogP contribution in [0.15, 0.2) is 54.9 Å². The summed E-state index contributed by atoms with van der Waals surface area (Å²) >= 11 is 0. The number of carbonyl (C=O) groups is 2. The molecule has 3 aromatic rings. The highest BCUT2D eigenvalue weighted by atomic mass is 16.5. The fraction of sp³-hybridized carbons (Fsp3) is 0.0588. The van der Waals surface area contributed by atoms with Crippen LogP contribution in [0.3, 0.4) is 0 Å². The molecule has 0 N–H and O–H groups in total. The molecule has 0 spiro atoms. The lowest BCUT2D eigenvalue weighted by atomic mass is 10.0. The molecule has 2 heterocycles. The minimum absolute atomic E-state index is 0.381. The molecule has 4 heteroatoms. The third kappa shape index (κ3) is 2.21. The Labute approximate surface area is 121 Å². The van der Waals surface area contributed by atoms with Gasteiger partial charge in [0.25, 0.3) is 0 Å². The molecule has 0 atom stereocenters. The maximum absolute atomic E-state index is 12.0. The van der Waals surface area contributed by atoms with Crippen LogP contribution >= 0.6 is 0 Å². The lowest BCUT2D eigenvalue weighted by molar-refractivity contribution is 0.0601. The molecule has 0 amide bonds. The van der Waals surface area contributed by atoms with E-state index in [0.717, 1.165) is 22.9 Å². The number of benzene rings is 1. The summed E-state index contributed by atoms with van der Waals surface area (Å²) in [6.07, 6.45) is 4.43. The summed E-state index contributed by atoms with van der Waals surface area (Å²) in [5.41, 5.74) is 3.69. The van der Waals surface area contributed by atoms with Gasteiger partial charge >= 0.3 is 5.97 Å². The molecule has 21 heavy (non-hydrogen) atoms. The van der Waals surface area contributed by atoms with Gasteiger partial charge in [0, 0.05) is 23.5 Å². The summed E-state index contributed by atoms with van der Waals surface area (Å²) in [5.74, 6) is -0.381. The van der Waals surface area contributed by atoms with Crippen LogP contribution in [0.2, 0.25) is 0 Å². The average Bonchev–Trinajstić information content (AvgIpc) is 2.93. The van der Waals surface area contributed by atoms with Gasteiger partial charge in [0.05, 0.1) is 18.2 Å². The molecule has 0 aliphatic rings. The average molecular weight is 279 g/mol. The summed E-state index contributed by atoms with van der Waals surface area (Å²) in [4.78, 5) is 22.8. The van der Waals surface area contributed by atoms with Crippen LogP contribution < -0.4 is 0 Å². The number of fused-ring (bicyclic) bond motifs is 1. The molecule has 0 unspecified atom stereocenters. The maximum atomic E-state index is 12.0. The van der Waals surface area contributed by atoms with Gasteiger partial charge in [-0.1, -0.05) is 30.3 Å². The second-order valence-electron chi connectivity index (χ2n) is 4.64. The van der Waals surface area contributed by atoms with Crippen LogP contribution in [0.5, 0.6) is 0 Å². The number of ether oxygens (including phenoxy) is 1. The third-order valence-corrected chi connectivity index (χ3v) is 3.42. The summed E-state index contributed by atoms with van der Waals surface area (Å²) in [6.45, 7) is 0. The second-order valence-corrected chi connectivity index (χ2v) is 4.64. The first-order valence-electron chi connectivity index (χ1n) is 6.48. The van der Waals surface area contributed by atoms with Gasteiger partial charge in [-0.3, -0.25) is 4.79 Å². The molecule has 1 aromatic carbocycles. The van der Waals surface area contributed by atoms with Crippen LogP contribution in [0.25, 0.3) is 16.6 Å². The number of rotatable bonds is 3. The molecule has 0 saturated heterocycles. The molecule has 104 valence electrons. The zero-order valence-electron chi connectivity index (χ0n) is 11.4. The maximum Gasteiger partial charge on any atom is 0.340 e. The highest BCUT2D eigenvalue weighted by Gasteiger charge is 2.18. The standard InChI is InChI=1S/C17H13NO3/c1-21-17(20)14-10-18-9-3-2-4-15(18)16(14)13-7-5-12(11-19)6-8-13/h2-11H,1H3. The van der Waals surface area contributed by atoms with Crippen molar-refractivity contribution in [1.29, 1.82) is 0 Å². The number of carbonyl (C=O) groups excluding carboxylic acids is 2. The lowest BCUT2D eigenvalue weighted by Gasteiger charge is -2.04. The minimum Gasteiger partial charge on any atom is -0.465 e. The van der Waals surface area contributed by atoms with Crippen molar-refractivity contribution in [3.63, 3.8) is 0 Å². The molecule has 0 bridgehead atoms. The Morgan fingerprint density at radius 3 is 2.57 bits per heavy atom. The van der Waals surface area contributed by atoms with Gasteiger partial charge in [0.15, 0.2) is 0 Å². The number of methoxy groups -OCH3 is 1. The Kier molecular flexibility index (Phi) is 3.28.